The van der Waals surface area contributed by atoms with Crippen molar-refractivity contribution in [2.45, 2.75) is 45.4 Å². The molecule has 0 saturated carbocycles. The molecule has 1 aromatic rings. The van der Waals surface area contributed by atoms with E-state index in [-0.39, 0.29) is 11.2 Å². The second kappa shape index (κ2) is 4.19. The molecule has 0 spiro atoms. The van der Waals surface area contributed by atoms with E-state index in [9.17, 15) is 0 Å². The fourth-order valence-corrected chi connectivity index (χ4v) is 3.23. The van der Waals surface area contributed by atoms with Crippen molar-refractivity contribution in [2.24, 2.45) is 0 Å². The minimum Gasteiger partial charge on any atom is -0.374 e. The third kappa shape index (κ3) is 3.37. The summed E-state index contributed by atoms with van der Waals surface area (Å²) in [6.07, 6.45) is 0. The van der Waals surface area contributed by atoms with Crippen LogP contribution in [0.1, 0.15) is 32.7 Å². The fourth-order valence-electron chi connectivity index (χ4n) is 2.58. The van der Waals surface area contributed by atoms with Gasteiger partial charge in [-0.3, -0.25) is 4.90 Å². The molecule has 0 unspecified atom stereocenters. The fraction of sp³-hybridized carbons (Fsp3) is 0.818. The van der Waals surface area contributed by atoms with Gasteiger partial charge in [0.15, 0.2) is 0 Å². The quantitative estimate of drug-likeness (QED) is 0.869. The molecular weight excluding hydrogens is 236 g/mol. The third-order valence-electron chi connectivity index (χ3n) is 2.60. The summed E-state index contributed by atoms with van der Waals surface area (Å²) in [7, 11) is 0. The highest BCUT2D eigenvalue weighted by molar-refractivity contribution is 7.15. The average Bonchev–Trinajstić information content (AvgIpc) is 2.44. The van der Waals surface area contributed by atoms with Gasteiger partial charge < -0.3 is 10.5 Å². The van der Waals surface area contributed by atoms with E-state index in [4.69, 9.17) is 10.5 Å². The van der Waals surface area contributed by atoms with Crippen LogP contribution in [0.4, 0.5) is 5.13 Å². The van der Waals surface area contributed by atoms with E-state index < -0.39 is 0 Å². The van der Waals surface area contributed by atoms with Gasteiger partial charge in [0.25, 0.3) is 0 Å². The van der Waals surface area contributed by atoms with E-state index in [0.29, 0.717) is 5.13 Å². The second-order valence-electron chi connectivity index (χ2n) is 5.80. The van der Waals surface area contributed by atoms with Crippen LogP contribution in [-0.4, -0.2) is 39.4 Å². The smallest absolute Gasteiger partial charge is 0.203 e. The molecule has 1 aromatic heterocycles. The minimum absolute atomic E-state index is 0.127. The molecule has 1 aliphatic heterocycles. The number of rotatable bonds is 2. The standard InChI is InChI=1S/C11H20N4OS/c1-10(2)6-15(7-11(3,4)16-10)5-8-13-14-9(12)17-8/h5-7H2,1-4H3,(H2,12,14). The number of nitrogens with zero attached hydrogens (tertiary/aromatic N) is 3. The maximum atomic E-state index is 6.04. The van der Waals surface area contributed by atoms with Gasteiger partial charge in [-0.05, 0) is 27.7 Å². The van der Waals surface area contributed by atoms with Crippen molar-refractivity contribution in [1.82, 2.24) is 15.1 Å². The van der Waals surface area contributed by atoms with Gasteiger partial charge in [-0.2, -0.15) is 0 Å². The summed E-state index contributed by atoms with van der Waals surface area (Å²) in [4.78, 5) is 2.35. The second-order valence-corrected chi connectivity index (χ2v) is 6.89. The number of ether oxygens (including phenoxy) is 1. The van der Waals surface area contributed by atoms with Gasteiger partial charge in [0.2, 0.25) is 5.13 Å². The van der Waals surface area contributed by atoms with Crippen molar-refractivity contribution < 1.29 is 4.74 Å². The molecule has 1 fully saturated rings. The summed E-state index contributed by atoms with van der Waals surface area (Å²) < 4.78 is 6.04. The summed E-state index contributed by atoms with van der Waals surface area (Å²) in [5, 5.41) is 9.41. The summed E-state index contributed by atoms with van der Waals surface area (Å²) in [6.45, 7) is 11.1. The van der Waals surface area contributed by atoms with Gasteiger partial charge in [-0.1, -0.05) is 11.3 Å². The van der Waals surface area contributed by atoms with Crippen molar-refractivity contribution in [1.29, 1.82) is 0 Å². The lowest BCUT2D eigenvalue weighted by atomic mass is 9.99. The number of hydrogen-bond donors (Lipinski definition) is 1. The highest BCUT2D eigenvalue weighted by atomic mass is 32.1. The van der Waals surface area contributed by atoms with Gasteiger partial charge in [-0.25, -0.2) is 0 Å². The molecule has 6 heteroatoms. The van der Waals surface area contributed by atoms with Crippen LogP contribution in [-0.2, 0) is 11.3 Å². The lowest BCUT2D eigenvalue weighted by Crippen LogP contribution is -2.56. The molecule has 2 rings (SSSR count). The van der Waals surface area contributed by atoms with E-state index >= 15 is 0 Å². The third-order valence-corrected chi connectivity index (χ3v) is 3.34. The molecule has 0 aromatic carbocycles. The Morgan fingerprint density at radius 2 is 1.82 bits per heavy atom. The van der Waals surface area contributed by atoms with Crippen LogP contribution in [0.2, 0.25) is 0 Å². The topological polar surface area (TPSA) is 64.3 Å². The molecule has 0 amide bonds. The number of aromatic nitrogens is 2. The van der Waals surface area contributed by atoms with Crippen LogP contribution in [0, 0.1) is 0 Å². The normalized spacial score (nSPS) is 23.8. The Kier molecular flexibility index (Phi) is 3.14. The van der Waals surface area contributed by atoms with Crippen LogP contribution in [0.15, 0.2) is 0 Å². The maximum Gasteiger partial charge on any atom is 0.203 e. The summed E-state index contributed by atoms with van der Waals surface area (Å²) in [6, 6.07) is 0. The van der Waals surface area contributed by atoms with Crippen molar-refractivity contribution in [3.8, 4) is 0 Å². The number of anilines is 1. The van der Waals surface area contributed by atoms with Gasteiger partial charge >= 0.3 is 0 Å². The Hall–Kier alpha value is -0.720. The number of morpholine rings is 1. The zero-order valence-corrected chi connectivity index (χ0v) is 11.7. The van der Waals surface area contributed by atoms with Gasteiger partial charge in [-0.15, -0.1) is 10.2 Å². The zero-order chi connectivity index (χ0) is 12.7. The summed E-state index contributed by atoms with van der Waals surface area (Å²) in [5.41, 5.74) is 5.34. The SMILES string of the molecule is CC1(C)CN(Cc2nnc(N)s2)CC(C)(C)O1. The number of nitrogen functional groups attached to an aromatic ring is 1. The summed E-state index contributed by atoms with van der Waals surface area (Å²) >= 11 is 1.45. The first-order valence-electron chi connectivity index (χ1n) is 5.76. The molecule has 2 N–H and O–H groups in total. The maximum absolute atomic E-state index is 6.04. The van der Waals surface area contributed by atoms with E-state index in [1.54, 1.807) is 0 Å². The highest BCUT2D eigenvalue weighted by Crippen LogP contribution is 2.29. The van der Waals surface area contributed by atoms with Crippen molar-refractivity contribution in [3.63, 3.8) is 0 Å². The summed E-state index contributed by atoms with van der Waals surface area (Å²) in [5.74, 6) is 0. The Morgan fingerprint density at radius 3 is 2.29 bits per heavy atom. The molecule has 17 heavy (non-hydrogen) atoms. The highest BCUT2D eigenvalue weighted by Gasteiger charge is 2.38. The van der Waals surface area contributed by atoms with E-state index in [1.807, 2.05) is 0 Å². The molecule has 1 saturated heterocycles. The van der Waals surface area contributed by atoms with Crippen LogP contribution in [0.5, 0.6) is 0 Å². The molecule has 1 aliphatic rings. The van der Waals surface area contributed by atoms with Crippen molar-refractivity contribution >= 4 is 16.5 Å². The molecule has 0 atom stereocenters. The van der Waals surface area contributed by atoms with E-state index in [1.165, 1.54) is 11.3 Å². The number of hydrogen-bond acceptors (Lipinski definition) is 6. The monoisotopic (exact) mass is 256 g/mol. The first-order chi connectivity index (χ1) is 7.76. The van der Waals surface area contributed by atoms with Gasteiger partial charge in [0, 0.05) is 13.1 Å². The number of nitrogens with two attached hydrogens (primary N) is 1. The Labute approximate surface area is 106 Å². The van der Waals surface area contributed by atoms with Gasteiger partial charge in [0.05, 0.1) is 17.7 Å². The lowest BCUT2D eigenvalue weighted by molar-refractivity contribution is -0.182. The molecular formula is C11H20N4OS. The zero-order valence-electron chi connectivity index (χ0n) is 10.9. The van der Waals surface area contributed by atoms with Crippen LogP contribution >= 0.6 is 11.3 Å². The van der Waals surface area contributed by atoms with Gasteiger partial charge in [0.1, 0.15) is 5.01 Å². The Balaban J connectivity index is 2.06. The largest absolute Gasteiger partial charge is 0.374 e. The van der Waals surface area contributed by atoms with Crippen molar-refractivity contribution in [2.75, 3.05) is 18.8 Å². The first-order valence-corrected chi connectivity index (χ1v) is 6.58. The average molecular weight is 256 g/mol. The molecule has 0 radical (unpaired) electrons. The van der Waals surface area contributed by atoms with E-state index in [0.717, 1.165) is 24.6 Å². The molecule has 0 aliphatic carbocycles. The van der Waals surface area contributed by atoms with Crippen LogP contribution in [0.3, 0.4) is 0 Å². The Morgan fingerprint density at radius 1 is 1.24 bits per heavy atom. The predicted molar refractivity (Wildman–Crippen MR) is 68.8 cm³/mol. The van der Waals surface area contributed by atoms with E-state index in [2.05, 4.69) is 42.8 Å². The lowest BCUT2D eigenvalue weighted by Gasteiger charge is -2.46. The Bertz CT molecular complexity index is 386. The van der Waals surface area contributed by atoms with Crippen LogP contribution < -0.4 is 5.73 Å². The molecule has 2 heterocycles. The minimum atomic E-state index is -0.127. The first kappa shape index (κ1) is 12.7. The molecule has 0 bridgehead atoms. The predicted octanol–water partition coefficient (Wildman–Crippen LogP) is 1.51. The molecule has 96 valence electrons. The van der Waals surface area contributed by atoms with Crippen LogP contribution in [0.25, 0.3) is 0 Å². The molecule has 5 nitrogen and oxygen atoms in total. The van der Waals surface area contributed by atoms with Crippen molar-refractivity contribution in [3.05, 3.63) is 5.01 Å².